The summed E-state index contributed by atoms with van der Waals surface area (Å²) >= 11 is 11.9. The van der Waals surface area contributed by atoms with Crippen molar-refractivity contribution >= 4 is 39.2 Å². The van der Waals surface area contributed by atoms with E-state index in [4.69, 9.17) is 28.3 Å². The van der Waals surface area contributed by atoms with Gasteiger partial charge in [-0.25, -0.2) is 8.42 Å². The molecule has 1 aliphatic heterocycles. The largest absolute Gasteiger partial charge is 0.481 e. The number of aliphatic carboxylic acids is 1. The van der Waals surface area contributed by atoms with Crippen molar-refractivity contribution < 1.29 is 18.3 Å². The molecule has 1 aromatic rings. The minimum atomic E-state index is -3.75. The fourth-order valence-corrected chi connectivity index (χ4v) is 5.02. The summed E-state index contributed by atoms with van der Waals surface area (Å²) < 4.78 is 26.5. The van der Waals surface area contributed by atoms with E-state index >= 15 is 0 Å². The summed E-state index contributed by atoms with van der Waals surface area (Å²) in [5.41, 5.74) is 0. The zero-order valence-corrected chi connectivity index (χ0v) is 13.5. The molecule has 8 heteroatoms. The Hall–Kier alpha value is -0.820. The van der Waals surface area contributed by atoms with Crippen LogP contribution in [0.3, 0.4) is 0 Å². The van der Waals surface area contributed by atoms with Crippen molar-refractivity contribution in [2.45, 2.75) is 24.2 Å². The van der Waals surface area contributed by atoms with E-state index in [1.165, 1.54) is 16.4 Å². The molecule has 1 aliphatic rings. The molecule has 0 unspecified atom stereocenters. The predicted molar refractivity (Wildman–Crippen MR) is 80.2 cm³/mol. The molecule has 0 bridgehead atoms. The third kappa shape index (κ3) is 3.69. The number of piperidine rings is 1. The van der Waals surface area contributed by atoms with E-state index in [1.807, 2.05) is 0 Å². The van der Waals surface area contributed by atoms with Crippen LogP contribution in [0.15, 0.2) is 23.1 Å². The van der Waals surface area contributed by atoms with Crippen molar-refractivity contribution in [3.05, 3.63) is 28.2 Å². The van der Waals surface area contributed by atoms with E-state index in [0.717, 1.165) is 0 Å². The number of halogens is 2. The van der Waals surface area contributed by atoms with Gasteiger partial charge in [-0.2, -0.15) is 4.31 Å². The molecule has 1 heterocycles. The number of carboxylic acid groups (broad SMARTS) is 1. The van der Waals surface area contributed by atoms with Crippen LogP contribution < -0.4 is 0 Å². The maximum absolute atomic E-state index is 12.6. The van der Waals surface area contributed by atoms with Crippen LogP contribution in [0, 0.1) is 5.92 Å². The van der Waals surface area contributed by atoms with Gasteiger partial charge < -0.3 is 5.11 Å². The van der Waals surface area contributed by atoms with Gasteiger partial charge in [0.2, 0.25) is 10.0 Å². The number of sulfonamides is 1. The molecule has 0 aromatic heterocycles. The number of nitrogens with zero attached hydrogens (tertiary/aromatic N) is 1. The number of hydrogen-bond donors (Lipinski definition) is 1. The van der Waals surface area contributed by atoms with E-state index in [0.29, 0.717) is 12.8 Å². The lowest BCUT2D eigenvalue weighted by Gasteiger charge is -2.30. The first kappa shape index (κ1) is 16.5. The Balaban J connectivity index is 2.17. The first-order valence-corrected chi connectivity index (χ1v) is 8.68. The molecule has 5 nitrogen and oxygen atoms in total. The minimum absolute atomic E-state index is 0.00988. The zero-order chi connectivity index (χ0) is 15.6. The van der Waals surface area contributed by atoms with Gasteiger partial charge >= 0.3 is 5.97 Å². The predicted octanol–water partition coefficient (Wildman–Crippen LogP) is 2.87. The summed E-state index contributed by atoms with van der Waals surface area (Å²) in [6, 6.07) is 4.55. The van der Waals surface area contributed by atoms with Gasteiger partial charge in [-0.1, -0.05) is 29.3 Å². The van der Waals surface area contributed by atoms with E-state index in [1.54, 1.807) is 6.07 Å². The van der Waals surface area contributed by atoms with Crippen LogP contribution >= 0.6 is 23.2 Å². The molecule has 0 radical (unpaired) electrons. The number of benzene rings is 1. The Kier molecular flexibility index (Phi) is 5.14. The molecule has 0 aliphatic carbocycles. The monoisotopic (exact) mass is 351 g/mol. The van der Waals surface area contributed by atoms with Crippen molar-refractivity contribution in [3.63, 3.8) is 0 Å². The van der Waals surface area contributed by atoms with Crippen molar-refractivity contribution in [2.75, 3.05) is 13.1 Å². The highest BCUT2D eigenvalue weighted by Gasteiger charge is 2.32. The van der Waals surface area contributed by atoms with Crippen LogP contribution in [0.25, 0.3) is 0 Å². The van der Waals surface area contributed by atoms with Gasteiger partial charge in [0.15, 0.2) is 0 Å². The molecular formula is C13H15Cl2NO4S. The molecule has 0 amide bonds. The highest BCUT2D eigenvalue weighted by molar-refractivity contribution is 7.89. The number of carboxylic acids is 1. The van der Waals surface area contributed by atoms with Gasteiger partial charge in [0.25, 0.3) is 0 Å². The van der Waals surface area contributed by atoms with E-state index < -0.39 is 16.0 Å². The smallest absolute Gasteiger partial charge is 0.303 e. The standard InChI is InChI=1S/C13H15Cl2NO4S/c14-10-2-1-3-11(15)13(10)21(19,20)16-6-4-9(5-7-16)8-12(17)18/h1-3,9H,4-8H2,(H,17,18). The highest BCUT2D eigenvalue weighted by atomic mass is 35.5. The maximum Gasteiger partial charge on any atom is 0.303 e. The Bertz CT molecular complexity index is 619. The first-order chi connectivity index (χ1) is 9.82. The van der Waals surface area contributed by atoms with E-state index in [9.17, 15) is 13.2 Å². The Morgan fingerprint density at radius 1 is 1.24 bits per heavy atom. The Morgan fingerprint density at radius 2 is 1.76 bits per heavy atom. The lowest BCUT2D eigenvalue weighted by molar-refractivity contribution is -0.138. The van der Waals surface area contributed by atoms with Gasteiger partial charge in [0, 0.05) is 19.5 Å². The fraction of sp³-hybridized carbons (Fsp3) is 0.462. The average molecular weight is 352 g/mol. The van der Waals surface area contributed by atoms with E-state index in [2.05, 4.69) is 0 Å². The van der Waals surface area contributed by atoms with Crippen molar-refractivity contribution in [1.29, 1.82) is 0 Å². The van der Waals surface area contributed by atoms with Crippen LogP contribution in [0.4, 0.5) is 0 Å². The van der Waals surface area contributed by atoms with Crippen LogP contribution in [-0.4, -0.2) is 36.9 Å². The second-order valence-corrected chi connectivity index (χ2v) is 7.69. The lowest BCUT2D eigenvalue weighted by Crippen LogP contribution is -2.39. The minimum Gasteiger partial charge on any atom is -0.481 e. The lowest BCUT2D eigenvalue weighted by atomic mass is 9.95. The fourth-order valence-electron chi connectivity index (χ4n) is 2.46. The molecule has 0 saturated carbocycles. The topological polar surface area (TPSA) is 74.7 Å². The van der Waals surface area contributed by atoms with Gasteiger partial charge in [-0.15, -0.1) is 0 Å². The summed E-state index contributed by atoms with van der Waals surface area (Å²) in [7, 11) is -3.75. The third-order valence-corrected chi connectivity index (χ3v) is 6.41. The van der Waals surface area contributed by atoms with Crippen molar-refractivity contribution in [2.24, 2.45) is 5.92 Å². The van der Waals surface area contributed by atoms with Crippen molar-refractivity contribution in [1.82, 2.24) is 4.31 Å². The normalized spacial score (nSPS) is 17.8. The molecule has 2 rings (SSSR count). The van der Waals surface area contributed by atoms with Crippen LogP contribution in [0.1, 0.15) is 19.3 Å². The second kappa shape index (κ2) is 6.52. The third-order valence-electron chi connectivity index (χ3n) is 3.55. The Labute approximate surface area is 133 Å². The van der Waals surface area contributed by atoms with Gasteiger partial charge in [0.1, 0.15) is 4.90 Å². The highest BCUT2D eigenvalue weighted by Crippen LogP contribution is 2.33. The molecule has 1 fully saturated rings. The van der Waals surface area contributed by atoms with E-state index in [-0.39, 0.29) is 40.4 Å². The quantitative estimate of drug-likeness (QED) is 0.904. The molecule has 0 spiro atoms. The summed E-state index contributed by atoms with van der Waals surface area (Å²) in [4.78, 5) is 10.6. The van der Waals surface area contributed by atoms with Crippen LogP contribution in [0.5, 0.6) is 0 Å². The summed E-state index contributed by atoms with van der Waals surface area (Å²) in [6.45, 7) is 0.559. The van der Waals surface area contributed by atoms with Gasteiger partial charge in [-0.3, -0.25) is 4.79 Å². The maximum atomic E-state index is 12.6. The zero-order valence-electron chi connectivity index (χ0n) is 11.1. The summed E-state index contributed by atoms with van der Waals surface area (Å²) in [6.07, 6.45) is 1.11. The Morgan fingerprint density at radius 3 is 2.24 bits per heavy atom. The van der Waals surface area contributed by atoms with Crippen molar-refractivity contribution in [3.8, 4) is 0 Å². The molecule has 1 aromatic carbocycles. The van der Waals surface area contributed by atoms with Crippen LogP contribution in [-0.2, 0) is 14.8 Å². The summed E-state index contributed by atoms with van der Waals surface area (Å²) in [5, 5.41) is 8.96. The number of rotatable bonds is 4. The van der Waals surface area contributed by atoms with Crippen LogP contribution in [0.2, 0.25) is 10.0 Å². The number of hydrogen-bond acceptors (Lipinski definition) is 3. The molecular weight excluding hydrogens is 337 g/mol. The number of carbonyl (C=O) groups is 1. The first-order valence-electron chi connectivity index (χ1n) is 6.48. The molecule has 116 valence electrons. The SMILES string of the molecule is O=C(O)CC1CCN(S(=O)(=O)c2c(Cl)cccc2Cl)CC1. The molecule has 21 heavy (non-hydrogen) atoms. The average Bonchev–Trinajstić information content (AvgIpc) is 2.38. The van der Waals surface area contributed by atoms with Gasteiger partial charge in [0.05, 0.1) is 10.0 Å². The molecule has 1 N–H and O–H groups in total. The summed E-state index contributed by atoms with van der Waals surface area (Å²) in [5.74, 6) is -0.846. The second-order valence-electron chi connectivity index (χ2n) is 5.00. The molecule has 0 atom stereocenters. The molecule has 1 saturated heterocycles. The van der Waals surface area contributed by atoms with Gasteiger partial charge in [-0.05, 0) is 30.9 Å².